The molecule has 8 unspecified atom stereocenters. The Labute approximate surface area is 216 Å². The third-order valence-corrected chi connectivity index (χ3v) is 12.6. The lowest BCUT2D eigenvalue weighted by Crippen LogP contribution is -2.50. The van der Waals surface area contributed by atoms with E-state index in [1.165, 1.54) is 70.6 Å². The lowest BCUT2D eigenvalue weighted by atomic mass is 9.47. The molecule has 0 aromatic rings. The Morgan fingerprint density at radius 3 is 2.56 bits per heavy atom. The first kappa shape index (κ1) is 26.6. The van der Waals surface area contributed by atoms with E-state index in [0.29, 0.717) is 16.1 Å². The minimum absolute atomic E-state index is 0.432. The number of thioether (sulfide) groups is 1. The third-order valence-electron chi connectivity index (χ3n) is 11.4. The van der Waals surface area contributed by atoms with Crippen LogP contribution in [0.5, 0.6) is 0 Å². The summed E-state index contributed by atoms with van der Waals surface area (Å²) < 4.78 is 0. The van der Waals surface area contributed by atoms with E-state index in [1.54, 1.807) is 5.57 Å². The van der Waals surface area contributed by atoms with Crippen molar-refractivity contribution in [2.75, 3.05) is 13.6 Å². The van der Waals surface area contributed by atoms with Crippen LogP contribution in [-0.4, -0.2) is 28.9 Å². The minimum Gasteiger partial charge on any atom is -0.355 e. The van der Waals surface area contributed by atoms with E-state index in [2.05, 4.69) is 59.6 Å². The van der Waals surface area contributed by atoms with Crippen LogP contribution in [0.2, 0.25) is 0 Å². The smallest absolute Gasteiger partial charge is 0.156 e. The van der Waals surface area contributed by atoms with Gasteiger partial charge in [0.2, 0.25) is 0 Å². The number of amidine groups is 1. The Bertz CT molecular complexity index is 759. The molecule has 4 aliphatic rings. The maximum atomic E-state index is 8.45. The Morgan fingerprint density at radius 2 is 1.85 bits per heavy atom. The van der Waals surface area contributed by atoms with Gasteiger partial charge in [-0.3, -0.25) is 5.41 Å². The molecule has 0 radical (unpaired) electrons. The number of nitrogens with zero attached hydrogens (tertiary/aromatic N) is 1. The van der Waals surface area contributed by atoms with Gasteiger partial charge in [0.05, 0.1) is 0 Å². The lowest BCUT2D eigenvalue weighted by Gasteiger charge is -2.58. The number of rotatable bonds is 7. The van der Waals surface area contributed by atoms with Gasteiger partial charge in [0.1, 0.15) is 0 Å². The van der Waals surface area contributed by atoms with Crippen molar-refractivity contribution in [2.24, 2.45) is 46.3 Å². The van der Waals surface area contributed by atoms with Gasteiger partial charge in [0.25, 0.3) is 0 Å². The van der Waals surface area contributed by atoms with Crippen molar-refractivity contribution < 1.29 is 0 Å². The van der Waals surface area contributed by atoms with E-state index in [1.807, 2.05) is 11.8 Å². The standard InChI is InChI=1S/C31H54N2S/c1-8-33(7)29(32)34-24-16-18-30(5)23(20-24)12-13-25-27-15-14-26(22(4)11-9-10-21(2)3)31(27,6)19-17-28(25)30/h12,21-22,24-28,32H,8-11,13-20H2,1-7H3. The molecule has 0 saturated heterocycles. The molecule has 8 atom stereocenters. The quantitative estimate of drug-likeness (QED) is 0.221. The predicted octanol–water partition coefficient (Wildman–Crippen LogP) is 9.02. The van der Waals surface area contributed by atoms with Crippen LogP contribution in [0.1, 0.15) is 112 Å². The van der Waals surface area contributed by atoms with Gasteiger partial charge < -0.3 is 4.90 Å². The summed E-state index contributed by atoms with van der Waals surface area (Å²) in [5.74, 6) is 5.50. The van der Waals surface area contributed by atoms with E-state index in [0.717, 1.165) is 47.2 Å². The molecule has 0 aromatic carbocycles. The first-order chi connectivity index (χ1) is 16.1. The molecule has 0 heterocycles. The van der Waals surface area contributed by atoms with Crippen molar-refractivity contribution >= 4 is 16.9 Å². The highest BCUT2D eigenvalue weighted by atomic mass is 32.2. The van der Waals surface area contributed by atoms with Gasteiger partial charge >= 0.3 is 0 Å². The first-order valence-corrected chi connectivity index (χ1v) is 15.6. The van der Waals surface area contributed by atoms with Gasteiger partial charge in [-0.2, -0.15) is 0 Å². The van der Waals surface area contributed by atoms with Gasteiger partial charge in [0.15, 0.2) is 5.17 Å². The van der Waals surface area contributed by atoms with E-state index >= 15 is 0 Å². The highest BCUT2D eigenvalue weighted by molar-refractivity contribution is 8.14. The van der Waals surface area contributed by atoms with Crippen LogP contribution in [-0.2, 0) is 0 Å². The van der Waals surface area contributed by atoms with Crippen LogP contribution >= 0.6 is 11.8 Å². The van der Waals surface area contributed by atoms with Gasteiger partial charge in [-0.15, -0.1) is 0 Å². The van der Waals surface area contributed by atoms with Crippen LogP contribution in [0.4, 0.5) is 0 Å². The SMILES string of the molecule is CCN(C)C(=N)SC1CCC2(C)C(=CCC3C2CCC2(C)C(C(C)CCCC(C)C)CCC32)C1. The zero-order chi connectivity index (χ0) is 24.7. The van der Waals surface area contributed by atoms with Crippen LogP contribution < -0.4 is 0 Å². The van der Waals surface area contributed by atoms with Crippen molar-refractivity contribution in [3.8, 4) is 0 Å². The molecule has 3 saturated carbocycles. The monoisotopic (exact) mass is 486 g/mol. The second-order valence-electron chi connectivity index (χ2n) is 13.6. The Hall–Kier alpha value is -0.440. The van der Waals surface area contributed by atoms with Crippen molar-refractivity contribution in [3.05, 3.63) is 11.6 Å². The number of hydrogen-bond donors (Lipinski definition) is 1. The summed E-state index contributed by atoms with van der Waals surface area (Å²) in [6, 6.07) is 0. The third kappa shape index (κ3) is 4.90. The molecular formula is C31H54N2S. The minimum atomic E-state index is 0.432. The summed E-state index contributed by atoms with van der Waals surface area (Å²) in [5, 5.41) is 9.81. The molecular weight excluding hydrogens is 432 g/mol. The summed E-state index contributed by atoms with van der Waals surface area (Å²) in [6.07, 6.45) is 18.1. The highest BCUT2D eigenvalue weighted by Crippen LogP contribution is 2.67. The summed E-state index contributed by atoms with van der Waals surface area (Å²) in [5.41, 5.74) is 2.79. The molecule has 0 bridgehead atoms. The highest BCUT2D eigenvalue weighted by Gasteiger charge is 2.59. The second kappa shape index (κ2) is 10.5. The van der Waals surface area contributed by atoms with Crippen LogP contribution in [0.25, 0.3) is 0 Å². The molecule has 0 aromatic heterocycles. The second-order valence-corrected chi connectivity index (χ2v) is 14.9. The molecule has 34 heavy (non-hydrogen) atoms. The normalized spacial score (nSPS) is 40.2. The Kier molecular flexibility index (Phi) is 8.22. The first-order valence-electron chi connectivity index (χ1n) is 14.8. The number of fused-ring (bicyclic) bond motifs is 5. The number of allylic oxidation sites excluding steroid dienone is 2. The predicted molar refractivity (Wildman–Crippen MR) is 150 cm³/mol. The molecule has 194 valence electrons. The zero-order valence-electron chi connectivity index (χ0n) is 23.5. The fraction of sp³-hybridized carbons (Fsp3) is 0.903. The summed E-state index contributed by atoms with van der Waals surface area (Å²) >= 11 is 1.83. The Morgan fingerprint density at radius 1 is 1.09 bits per heavy atom. The van der Waals surface area contributed by atoms with E-state index in [9.17, 15) is 0 Å². The van der Waals surface area contributed by atoms with Crippen molar-refractivity contribution in [1.82, 2.24) is 4.90 Å². The van der Waals surface area contributed by atoms with E-state index < -0.39 is 0 Å². The van der Waals surface area contributed by atoms with Gasteiger partial charge in [-0.1, -0.05) is 77.3 Å². The fourth-order valence-corrected chi connectivity index (χ4v) is 10.3. The summed E-state index contributed by atoms with van der Waals surface area (Å²) in [6.45, 7) is 15.8. The fourth-order valence-electron chi connectivity index (χ4n) is 9.14. The maximum Gasteiger partial charge on any atom is 0.156 e. The van der Waals surface area contributed by atoms with E-state index in [4.69, 9.17) is 5.41 Å². The largest absolute Gasteiger partial charge is 0.355 e. The number of hydrogen-bond acceptors (Lipinski definition) is 2. The lowest BCUT2D eigenvalue weighted by molar-refractivity contribution is -0.0497. The molecule has 0 amide bonds. The van der Waals surface area contributed by atoms with Crippen LogP contribution in [0.3, 0.4) is 0 Å². The zero-order valence-corrected chi connectivity index (χ0v) is 24.3. The summed E-state index contributed by atoms with van der Waals surface area (Å²) in [4.78, 5) is 2.09. The van der Waals surface area contributed by atoms with Crippen molar-refractivity contribution in [3.63, 3.8) is 0 Å². The molecule has 0 aliphatic heterocycles. The van der Waals surface area contributed by atoms with Gasteiger partial charge in [-0.05, 0) is 105 Å². The van der Waals surface area contributed by atoms with Gasteiger partial charge in [0, 0.05) is 18.8 Å². The average molecular weight is 487 g/mol. The van der Waals surface area contributed by atoms with Crippen LogP contribution in [0, 0.1) is 51.7 Å². The average Bonchev–Trinajstić information content (AvgIpc) is 3.15. The van der Waals surface area contributed by atoms with E-state index in [-0.39, 0.29) is 0 Å². The molecule has 0 spiro atoms. The molecule has 4 aliphatic carbocycles. The maximum absolute atomic E-state index is 8.45. The van der Waals surface area contributed by atoms with Crippen LogP contribution in [0.15, 0.2) is 11.6 Å². The van der Waals surface area contributed by atoms with Crippen molar-refractivity contribution in [1.29, 1.82) is 5.41 Å². The topological polar surface area (TPSA) is 27.1 Å². The molecule has 3 heteroatoms. The Balaban J connectivity index is 1.43. The summed E-state index contributed by atoms with van der Waals surface area (Å²) in [7, 11) is 2.06. The molecule has 3 fully saturated rings. The molecule has 1 N–H and O–H groups in total. The van der Waals surface area contributed by atoms with Crippen molar-refractivity contribution in [2.45, 2.75) is 117 Å². The number of nitrogens with one attached hydrogen (secondary N) is 1. The molecule has 4 rings (SSSR count). The van der Waals surface area contributed by atoms with Gasteiger partial charge in [-0.25, -0.2) is 0 Å². The molecule has 2 nitrogen and oxygen atoms in total.